The molecule has 0 N–H and O–H groups in total. The summed E-state index contributed by atoms with van der Waals surface area (Å²) >= 11 is 0. The Morgan fingerprint density at radius 1 is 1.33 bits per heavy atom. The minimum atomic E-state index is -0.102. The van der Waals surface area contributed by atoms with Crippen LogP contribution in [0.25, 0.3) is 0 Å². The molecule has 0 spiro atoms. The summed E-state index contributed by atoms with van der Waals surface area (Å²) in [6, 6.07) is 9.26. The van der Waals surface area contributed by atoms with Gasteiger partial charge in [0.05, 0.1) is 5.69 Å². The van der Waals surface area contributed by atoms with Crippen LogP contribution < -0.4 is 5.11 Å². The van der Waals surface area contributed by atoms with Crippen molar-refractivity contribution >= 4 is 5.69 Å². The first-order valence-corrected chi connectivity index (χ1v) is 3.59. The van der Waals surface area contributed by atoms with E-state index >= 15 is 0 Å². The molecule has 0 unspecified atom stereocenters. The van der Waals surface area contributed by atoms with E-state index in [-0.39, 0.29) is 5.76 Å². The highest BCUT2D eigenvalue weighted by Crippen LogP contribution is 2.09. The van der Waals surface area contributed by atoms with E-state index in [1.807, 2.05) is 30.3 Å². The molecule has 0 aliphatic carbocycles. The third kappa shape index (κ3) is 2.96. The fourth-order valence-corrected chi connectivity index (χ4v) is 0.672. The summed E-state index contributed by atoms with van der Waals surface area (Å²) in [6.07, 6.45) is 1.19. The van der Waals surface area contributed by atoms with Gasteiger partial charge < -0.3 is 5.11 Å². The van der Waals surface area contributed by atoms with Crippen molar-refractivity contribution in [2.24, 2.45) is 10.2 Å². The van der Waals surface area contributed by atoms with Gasteiger partial charge in [-0.2, -0.15) is 10.2 Å². The van der Waals surface area contributed by atoms with Gasteiger partial charge >= 0.3 is 0 Å². The molecule has 0 heterocycles. The van der Waals surface area contributed by atoms with E-state index < -0.39 is 0 Å². The molecule has 3 heteroatoms. The summed E-state index contributed by atoms with van der Waals surface area (Å²) in [5.41, 5.74) is 0.745. The molecule has 1 aromatic carbocycles. The molecule has 0 aromatic heterocycles. The first kappa shape index (κ1) is 8.46. The van der Waals surface area contributed by atoms with Gasteiger partial charge in [-0.25, -0.2) is 0 Å². The maximum Gasteiger partial charge on any atom is 0.0856 e. The Balaban J connectivity index is 2.64. The molecule has 0 radical (unpaired) electrons. The molecule has 1 aromatic rings. The minimum absolute atomic E-state index is 0.102. The maximum atomic E-state index is 10.4. The number of nitrogens with zero attached hydrogens (tertiary/aromatic N) is 2. The Hall–Kier alpha value is -1.64. The van der Waals surface area contributed by atoms with Crippen LogP contribution in [-0.2, 0) is 0 Å². The Labute approximate surface area is 71.1 Å². The number of rotatable bonds is 2. The smallest absolute Gasteiger partial charge is 0.0856 e. The lowest BCUT2D eigenvalue weighted by molar-refractivity contribution is -0.302. The Morgan fingerprint density at radius 2 is 2.00 bits per heavy atom. The van der Waals surface area contributed by atoms with E-state index in [1.54, 1.807) is 0 Å². The van der Waals surface area contributed by atoms with E-state index in [4.69, 9.17) is 0 Å². The molecule has 12 heavy (non-hydrogen) atoms. The van der Waals surface area contributed by atoms with Crippen molar-refractivity contribution in [2.75, 3.05) is 0 Å². The molecule has 3 nitrogen and oxygen atoms in total. The quantitative estimate of drug-likeness (QED) is 0.483. The number of hydrogen-bond acceptors (Lipinski definition) is 3. The minimum Gasteiger partial charge on any atom is -0.875 e. The van der Waals surface area contributed by atoms with E-state index in [0.717, 1.165) is 5.69 Å². The molecule has 0 fully saturated rings. The van der Waals surface area contributed by atoms with Crippen molar-refractivity contribution < 1.29 is 5.11 Å². The van der Waals surface area contributed by atoms with Crippen molar-refractivity contribution in [1.29, 1.82) is 0 Å². The summed E-state index contributed by atoms with van der Waals surface area (Å²) in [4.78, 5) is 0. The Bertz CT molecular complexity index is 287. The van der Waals surface area contributed by atoms with Gasteiger partial charge in [0.15, 0.2) is 0 Å². The number of benzene rings is 1. The lowest BCUT2D eigenvalue weighted by atomic mass is 10.3. The zero-order chi connectivity index (χ0) is 8.81. The maximum absolute atomic E-state index is 10.4. The third-order valence-electron chi connectivity index (χ3n) is 1.17. The summed E-state index contributed by atoms with van der Waals surface area (Å²) in [7, 11) is 0. The van der Waals surface area contributed by atoms with Crippen LogP contribution in [0.2, 0.25) is 0 Å². The second kappa shape index (κ2) is 4.28. The van der Waals surface area contributed by atoms with Gasteiger partial charge in [-0.05, 0) is 12.1 Å². The van der Waals surface area contributed by atoms with Crippen LogP contribution in [0.3, 0.4) is 0 Å². The van der Waals surface area contributed by atoms with Crippen molar-refractivity contribution in [1.82, 2.24) is 0 Å². The van der Waals surface area contributed by atoms with Gasteiger partial charge in [0, 0.05) is 6.20 Å². The number of hydrogen-bond donors (Lipinski definition) is 0. The standard InChI is InChI=1S/C9H10N2O/c1-8(12)7-10-11-9-5-3-2-4-6-9/h2-7,12H,1H3/p-1. The van der Waals surface area contributed by atoms with E-state index in [2.05, 4.69) is 10.2 Å². The molecule has 0 saturated heterocycles. The van der Waals surface area contributed by atoms with Crippen LogP contribution in [0.1, 0.15) is 6.92 Å². The van der Waals surface area contributed by atoms with E-state index in [1.165, 1.54) is 13.1 Å². The summed E-state index contributed by atoms with van der Waals surface area (Å²) in [6.45, 7) is 1.43. The normalized spacial score (nSPS) is 12.2. The topological polar surface area (TPSA) is 47.8 Å². The molecule has 0 aliphatic rings. The van der Waals surface area contributed by atoms with Crippen LogP contribution in [0, 0.1) is 0 Å². The SMILES string of the molecule is CC([O-])=CN=Nc1ccccc1. The van der Waals surface area contributed by atoms with Gasteiger partial charge in [0.2, 0.25) is 0 Å². The highest BCUT2D eigenvalue weighted by Gasteiger charge is 1.81. The Kier molecular flexibility index (Phi) is 3.02. The zero-order valence-electron chi connectivity index (χ0n) is 6.77. The number of azo groups is 1. The van der Waals surface area contributed by atoms with Crippen LogP contribution in [0.5, 0.6) is 0 Å². The fourth-order valence-electron chi connectivity index (χ4n) is 0.672. The lowest BCUT2D eigenvalue weighted by Gasteiger charge is -1.97. The highest BCUT2D eigenvalue weighted by molar-refractivity contribution is 5.34. The van der Waals surface area contributed by atoms with Gasteiger partial charge in [-0.1, -0.05) is 25.1 Å². The first-order chi connectivity index (χ1) is 5.79. The summed E-state index contributed by atoms with van der Waals surface area (Å²) in [5, 5.41) is 17.8. The summed E-state index contributed by atoms with van der Waals surface area (Å²) < 4.78 is 0. The highest BCUT2D eigenvalue weighted by atomic mass is 16.3. The van der Waals surface area contributed by atoms with Crippen molar-refractivity contribution in [3.63, 3.8) is 0 Å². The summed E-state index contributed by atoms with van der Waals surface area (Å²) in [5.74, 6) is -0.102. The molecule has 62 valence electrons. The van der Waals surface area contributed by atoms with Crippen molar-refractivity contribution in [2.45, 2.75) is 6.92 Å². The molecule has 0 bridgehead atoms. The van der Waals surface area contributed by atoms with Crippen LogP contribution >= 0.6 is 0 Å². The third-order valence-corrected chi connectivity index (χ3v) is 1.17. The van der Waals surface area contributed by atoms with Crippen LogP contribution in [0.15, 0.2) is 52.5 Å². The molecule has 1 rings (SSSR count). The number of allylic oxidation sites excluding steroid dienone is 1. The second-order valence-corrected chi connectivity index (χ2v) is 2.29. The lowest BCUT2D eigenvalue weighted by Crippen LogP contribution is -1.95. The Morgan fingerprint density at radius 3 is 2.58 bits per heavy atom. The van der Waals surface area contributed by atoms with E-state index in [9.17, 15) is 5.11 Å². The average molecular weight is 161 g/mol. The molecule has 0 aliphatic heterocycles. The van der Waals surface area contributed by atoms with Crippen molar-refractivity contribution in [3.8, 4) is 0 Å². The monoisotopic (exact) mass is 161 g/mol. The first-order valence-electron chi connectivity index (χ1n) is 3.59. The largest absolute Gasteiger partial charge is 0.875 e. The van der Waals surface area contributed by atoms with Gasteiger partial charge in [0.25, 0.3) is 0 Å². The zero-order valence-corrected chi connectivity index (χ0v) is 6.77. The van der Waals surface area contributed by atoms with Gasteiger partial charge in [-0.3, -0.25) is 0 Å². The second-order valence-electron chi connectivity index (χ2n) is 2.29. The molecule has 0 saturated carbocycles. The predicted molar refractivity (Wildman–Crippen MR) is 44.7 cm³/mol. The van der Waals surface area contributed by atoms with E-state index in [0.29, 0.717) is 0 Å². The van der Waals surface area contributed by atoms with Gasteiger partial charge in [0.1, 0.15) is 0 Å². The molecular formula is C9H9N2O-. The fraction of sp³-hybridized carbons (Fsp3) is 0.111. The van der Waals surface area contributed by atoms with Crippen LogP contribution in [0.4, 0.5) is 5.69 Å². The molecule has 0 amide bonds. The average Bonchev–Trinajstić information content (AvgIpc) is 2.05. The van der Waals surface area contributed by atoms with Crippen LogP contribution in [-0.4, -0.2) is 0 Å². The molecule has 0 atom stereocenters. The van der Waals surface area contributed by atoms with Gasteiger partial charge in [-0.15, -0.1) is 5.76 Å². The van der Waals surface area contributed by atoms with Crippen molar-refractivity contribution in [3.05, 3.63) is 42.3 Å². The predicted octanol–water partition coefficient (Wildman–Crippen LogP) is 1.99. The molecular weight excluding hydrogens is 152 g/mol.